The summed E-state index contributed by atoms with van der Waals surface area (Å²) in [5, 5.41) is 14.1. The zero-order valence-electron chi connectivity index (χ0n) is 14.1. The highest BCUT2D eigenvalue weighted by Gasteiger charge is 2.13. The van der Waals surface area contributed by atoms with Crippen molar-refractivity contribution in [3.63, 3.8) is 0 Å². The van der Waals surface area contributed by atoms with Gasteiger partial charge in [0.15, 0.2) is 5.82 Å². The van der Waals surface area contributed by atoms with E-state index in [0.29, 0.717) is 24.6 Å². The van der Waals surface area contributed by atoms with Crippen molar-refractivity contribution >= 4 is 11.6 Å². The number of hydrogen-bond acceptors (Lipinski definition) is 5. The lowest BCUT2D eigenvalue weighted by Gasteiger charge is -2.21. The van der Waals surface area contributed by atoms with Crippen molar-refractivity contribution in [1.82, 2.24) is 25.1 Å². The number of amides is 1. The van der Waals surface area contributed by atoms with Crippen molar-refractivity contribution in [3.05, 3.63) is 42.0 Å². The fourth-order valence-electron chi connectivity index (χ4n) is 2.24. The van der Waals surface area contributed by atoms with Gasteiger partial charge in [0.1, 0.15) is 5.82 Å². The number of halogens is 1. The molecule has 2 rings (SSSR count). The first kappa shape index (κ1) is 17.6. The summed E-state index contributed by atoms with van der Waals surface area (Å²) in [7, 11) is 0. The monoisotopic (exact) mass is 332 g/mol. The van der Waals surface area contributed by atoms with Crippen molar-refractivity contribution < 1.29 is 9.18 Å². The van der Waals surface area contributed by atoms with Crippen molar-refractivity contribution in [2.24, 2.45) is 0 Å². The average molecular weight is 332 g/mol. The largest absolute Gasteiger partial charge is 0.374 e. The van der Waals surface area contributed by atoms with Crippen molar-refractivity contribution in [2.45, 2.75) is 20.8 Å². The van der Waals surface area contributed by atoms with E-state index in [1.54, 1.807) is 24.0 Å². The number of likely N-dealkylation sites (N-methyl/N-ethyl adjacent to an activating group) is 1. The van der Waals surface area contributed by atoms with Crippen LogP contribution in [0.2, 0.25) is 0 Å². The van der Waals surface area contributed by atoms with Gasteiger partial charge in [-0.2, -0.15) is 4.68 Å². The molecule has 0 saturated heterocycles. The van der Waals surface area contributed by atoms with E-state index in [4.69, 9.17) is 0 Å². The van der Waals surface area contributed by atoms with Crippen LogP contribution in [0.15, 0.2) is 30.4 Å². The highest BCUT2D eigenvalue weighted by Crippen LogP contribution is 2.19. The predicted molar refractivity (Wildman–Crippen MR) is 89.4 cm³/mol. The number of aryl methyl sites for hydroxylation is 1. The molecule has 1 aromatic heterocycles. The molecule has 24 heavy (non-hydrogen) atoms. The maximum absolute atomic E-state index is 14.0. The molecule has 0 unspecified atom stereocenters. The molecule has 1 aromatic carbocycles. The van der Waals surface area contributed by atoms with Crippen molar-refractivity contribution in [3.8, 4) is 5.69 Å². The smallest absolute Gasteiger partial charge is 0.242 e. The average Bonchev–Trinajstić information content (AvgIpc) is 2.97. The molecule has 128 valence electrons. The Bertz CT molecular complexity index is 742. The molecule has 2 aromatic rings. The minimum absolute atomic E-state index is 0.00389. The van der Waals surface area contributed by atoms with Gasteiger partial charge in [-0.3, -0.25) is 4.79 Å². The molecule has 7 nitrogen and oxygen atoms in total. The van der Waals surface area contributed by atoms with Gasteiger partial charge in [-0.05, 0) is 49.4 Å². The van der Waals surface area contributed by atoms with Crippen LogP contribution >= 0.6 is 0 Å². The number of anilines is 1. The van der Waals surface area contributed by atoms with Crippen molar-refractivity contribution in [2.75, 3.05) is 25.0 Å². The van der Waals surface area contributed by atoms with Crippen LogP contribution < -0.4 is 5.32 Å². The maximum atomic E-state index is 14.0. The third-order valence-electron chi connectivity index (χ3n) is 3.45. The van der Waals surface area contributed by atoms with Gasteiger partial charge in [0.05, 0.1) is 17.9 Å². The van der Waals surface area contributed by atoms with Crippen LogP contribution in [0.3, 0.4) is 0 Å². The summed E-state index contributed by atoms with van der Waals surface area (Å²) in [6, 6.07) is 4.46. The number of benzene rings is 1. The van der Waals surface area contributed by atoms with Gasteiger partial charge < -0.3 is 10.2 Å². The SMILES string of the molecule is C=C(C)CN(CC)C(=O)CNc1cc(-n2nnnc2C)ccc1F. The van der Waals surface area contributed by atoms with Gasteiger partial charge in [0.25, 0.3) is 0 Å². The summed E-state index contributed by atoms with van der Waals surface area (Å²) in [5.41, 5.74) is 1.73. The van der Waals surface area contributed by atoms with Gasteiger partial charge >= 0.3 is 0 Å². The molecular weight excluding hydrogens is 311 g/mol. The third kappa shape index (κ3) is 4.15. The minimum Gasteiger partial charge on any atom is -0.374 e. The molecule has 0 atom stereocenters. The lowest BCUT2D eigenvalue weighted by molar-refractivity contribution is -0.128. The Kier molecular flexibility index (Phi) is 5.62. The van der Waals surface area contributed by atoms with Gasteiger partial charge in [0, 0.05) is 13.1 Å². The fourth-order valence-corrected chi connectivity index (χ4v) is 2.24. The minimum atomic E-state index is -0.444. The number of carbonyl (C=O) groups excluding carboxylic acids is 1. The Balaban J connectivity index is 2.11. The molecule has 0 spiro atoms. The summed E-state index contributed by atoms with van der Waals surface area (Å²) in [6.07, 6.45) is 0. The van der Waals surface area contributed by atoms with E-state index in [0.717, 1.165) is 5.57 Å². The Morgan fingerprint density at radius 3 is 2.79 bits per heavy atom. The molecule has 0 aliphatic carbocycles. The zero-order chi connectivity index (χ0) is 17.7. The number of rotatable bonds is 7. The van der Waals surface area contributed by atoms with Crippen LogP contribution in [-0.2, 0) is 4.79 Å². The topological polar surface area (TPSA) is 75.9 Å². The number of carbonyl (C=O) groups is 1. The standard InChI is InChI=1S/C16H21FN6O/c1-5-22(10-11(2)3)16(24)9-18-15-8-13(6-7-14(15)17)23-12(4)19-20-21-23/h6-8,18H,2,5,9-10H2,1,3-4H3. The molecule has 1 heterocycles. The predicted octanol–water partition coefficient (Wildman–Crippen LogP) is 1.95. The van der Waals surface area contributed by atoms with Crippen LogP contribution in [0.25, 0.3) is 5.69 Å². The number of nitrogens with one attached hydrogen (secondary N) is 1. The quantitative estimate of drug-likeness (QED) is 0.784. The van der Waals surface area contributed by atoms with Gasteiger partial charge in [-0.25, -0.2) is 4.39 Å². The number of aromatic nitrogens is 4. The van der Waals surface area contributed by atoms with Gasteiger partial charge in [-0.15, -0.1) is 5.10 Å². The van der Waals surface area contributed by atoms with Crippen LogP contribution in [-0.4, -0.2) is 50.6 Å². The Labute approximate surface area is 140 Å². The van der Waals surface area contributed by atoms with E-state index in [1.165, 1.54) is 10.7 Å². The van der Waals surface area contributed by atoms with E-state index in [1.807, 2.05) is 13.8 Å². The molecule has 8 heteroatoms. The molecule has 0 saturated carbocycles. The third-order valence-corrected chi connectivity index (χ3v) is 3.45. The lowest BCUT2D eigenvalue weighted by atomic mass is 10.2. The summed E-state index contributed by atoms with van der Waals surface area (Å²) in [4.78, 5) is 13.9. The number of hydrogen-bond donors (Lipinski definition) is 1. The molecule has 1 N–H and O–H groups in total. The Morgan fingerprint density at radius 2 is 2.21 bits per heavy atom. The first-order valence-electron chi connectivity index (χ1n) is 7.63. The Morgan fingerprint density at radius 1 is 1.46 bits per heavy atom. The van der Waals surface area contributed by atoms with Gasteiger partial charge in [-0.1, -0.05) is 12.2 Å². The van der Waals surface area contributed by atoms with E-state index >= 15 is 0 Å². The summed E-state index contributed by atoms with van der Waals surface area (Å²) < 4.78 is 15.5. The second-order valence-electron chi connectivity index (χ2n) is 5.52. The summed E-state index contributed by atoms with van der Waals surface area (Å²) in [6.45, 7) is 10.4. The van der Waals surface area contributed by atoms with Crippen LogP contribution in [0.1, 0.15) is 19.7 Å². The molecule has 0 aliphatic heterocycles. The van der Waals surface area contributed by atoms with E-state index in [-0.39, 0.29) is 18.1 Å². The van der Waals surface area contributed by atoms with Crippen molar-refractivity contribution in [1.29, 1.82) is 0 Å². The first-order valence-corrected chi connectivity index (χ1v) is 7.63. The lowest BCUT2D eigenvalue weighted by Crippen LogP contribution is -2.36. The molecular formula is C16H21FN6O. The molecule has 0 aliphatic rings. The number of tetrazole rings is 1. The second kappa shape index (κ2) is 7.67. The highest BCUT2D eigenvalue weighted by atomic mass is 19.1. The summed E-state index contributed by atoms with van der Waals surface area (Å²) >= 11 is 0. The van der Waals surface area contributed by atoms with Crippen LogP contribution in [0, 0.1) is 12.7 Å². The molecule has 0 fully saturated rings. The summed E-state index contributed by atoms with van der Waals surface area (Å²) in [5.74, 6) is 0.0198. The molecule has 0 bridgehead atoms. The van der Waals surface area contributed by atoms with Gasteiger partial charge in [0.2, 0.25) is 5.91 Å². The highest BCUT2D eigenvalue weighted by molar-refractivity contribution is 5.81. The van der Waals surface area contributed by atoms with Crippen LogP contribution in [0.5, 0.6) is 0 Å². The molecule has 1 amide bonds. The Hall–Kier alpha value is -2.77. The van der Waals surface area contributed by atoms with E-state index in [2.05, 4.69) is 27.4 Å². The van der Waals surface area contributed by atoms with E-state index in [9.17, 15) is 9.18 Å². The fraction of sp³-hybridized carbons (Fsp3) is 0.375. The normalized spacial score (nSPS) is 10.5. The number of nitrogens with zero attached hydrogens (tertiary/aromatic N) is 5. The zero-order valence-corrected chi connectivity index (χ0v) is 14.1. The molecule has 0 radical (unpaired) electrons. The van der Waals surface area contributed by atoms with Crippen LogP contribution in [0.4, 0.5) is 10.1 Å². The van der Waals surface area contributed by atoms with E-state index < -0.39 is 5.82 Å². The second-order valence-corrected chi connectivity index (χ2v) is 5.52. The first-order chi connectivity index (χ1) is 11.4. The maximum Gasteiger partial charge on any atom is 0.242 e.